The Morgan fingerprint density at radius 2 is 1.83 bits per heavy atom. The molecular formula is C17H24F3N3O. The van der Waals surface area contributed by atoms with Crippen molar-refractivity contribution in [3.63, 3.8) is 0 Å². The molecule has 0 spiro atoms. The van der Waals surface area contributed by atoms with Crippen LogP contribution < -0.4 is 4.90 Å². The van der Waals surface area contributed by atoms with Crippen molar-refractivity contribution in [3.8, 4) is 0 Å². The van der Waals surface area contributed by atoms with Gasteiger partial charge in [0.2, 0.25) is 5.91 Å². The second kappa shape index (κ2) is 6.99. The summed E-state index contributed by atoms with van der Waals surface area (Å²) in [5, 5.41) is 0. The molecule has 7 heteroatoms. The van der Waals surface area contributed by atoms with Crippen LogP contribution in [0, 0.1) is 0 Å². The summed E-state index contributed by atoms with van der Waals surface area (Å²) in [7, 11) is 0. The summed E-state index contributed by atoms with van der Waals surface area (Å²) < 4.78 is 37.5. The molecule has 2 rings (SSSR count). The van der Waals surface area contributed by atoms with E-state index in [1.54, 1.807) is 13.8 Å². The highest BCUT2D eigenvalue weighted by Crippen LogP contribution is 2.26. The molecule has 0 N–H and O–H groups in total. The minimum absolute atomic E-state index is 0.296. The van der Waals surface area contributed by atoms with Crippen LogP contribution in [0.3, 0.4) is 0 Å². The largest absolute Gasteiger partial charge is 0.397 e. The van der Waals surface area contributed by atoms with Crippen molar-refractivity contribution in [3.05, 3.63) is 23.9 Å². The van der Waals surface area contributed by atoms with Crippen LogP contribution >= 0.6 is 0 Å². The molecule has 2 atom stereocenters. The third-order valence-corrected chi connectivity index (χ3v) is 4.32. The minimum Gasteiger partial charge on any atom is -0.353 e. The molecule has 1 fully saturated rings. The molecule has 1 aliphatic heterocycles. The highest BCUT2D eigenvalue weighted by Gasteiger charge is 2.39. The van der Waals surface area contributed by atoms with Gasteiger partial charge in [-0.1, -0.05) is 19.9 Å². The molecule has 24 heavy (non-hydrogen) atoms. The molecule has 1 aromatic rings. The van der Waals surface area contributed by atoms with Crippen molar-refractivity contribution in [2.45, 2.75) is 58.3 Å². The number of hydrogen-bond donors (Lipinski definition) is 0. The fourth-order valence-electron chi connectivity index (χ4n) is 3.19. The molecule has 0 aromatic carbocycles. The number of amides is 1. The normalized spacial score (nSPS) is 22.2. The zero-order valence-electron chi connectivity index (χ0n) is 14.5. The van der Waals surface area contributed by atoms with Crippen LogP contribution in [0.25, 0.3) is 0 Å². The summed E-state index contributed by atoms with van der Waals surface area (Å²) in [5.41, 5.74) is 1.14. The monoisotopic (exact) mass is 343 g/mol. The average molecular weight is 343 g/mol. The lowest BCUT2D eigenvalue weighted by atomic mass is 10.0. The Kier molecular flexibility index (Phi) is 5.40. The Balaban J connectivity index is 2.08. The lowest BCUT2D eigenvalue weighted by molar-refractivity contribution is -0.164. The van der Waals surface area contributed by atoms with E-state index in [1.807, 2.05) is 23.2 Å². The number of rotatable bonds is 3. The summed E-state index contributed by atoms with van der Waals surface area (Å²) in [6.07, 6.45) is -4.04. The van der Waals surface area contributed by atoms with Crippen molar-refractivity contribution in [1.82, 2.24) is 9.88 Å². The fraction of sp³-hybridized carbons (Fsp3) is 0.647. The summed E-state index contributed by atoms with van der Waals surface area (Å²) in [5.74, 6) is 0.326. The van der Waals surface area contributed by atoms with E-state index in [2.05, 4.69) is 18.8 Å². The molecule has 0 unspecified atom stereocenters. The molecule has 1 aliphatic rings. The number of alkyl halides is 3. The molecule has 1 saturated heterocycles. The molecule has 2 heterocycles. The number of carbonyl (C=O) groups excluding carboxylic acids is 1. The number of pyridine rings is 1. The van der Waals surface area contributed by atoms with Gasteiger partial charge in [-0.3, -0.25) is 4.79 Å². The van der Waals surface area contributed by atoms with E-state index in [-0.39, 0.29) is 12.1 Å². The lowest BCUT2D eigenvalue weighted by Crippen LogP contribution is -2.59. The van der Waals surface area contributed by atoms with Crippen LogP contribution in [0.4, 0.5) is 19.0 Å². The number of carbonyl (C=O) groups is 1. The predicted molar refractivity (Wildman–Crippen MR) is 87.0 cm³/mol. The van der Waals surface area contributed by atoms with Gasteiger partial charge in [0.1, 0.15) is 12.2 Å². The maximum Gasteiger partial charge on any atom is 0.397 e. The summed E-state index contributed by atoms with van der Waals surface area (Å²) >= 11 is 0. The fourth-order valence-corrected chi connectivity index (χ4v) is 3.19. The SMILES string of the molecule is CC(C)c1ccc(N2C[C@@H](C)N(C(=O)CC(F)(F)F)[C@@H](C)C2)nc1. The Bertz CT molecular complexity index is 559. The van der Waals surface area contributed by atoms with Gasteiger partial charge in [0.05, 0.1) is 0 Å². The van der Waals surface area contributed by atoms with Crippen LogP contribution in [0.1, 0.15) is 45.6 Å². The Morgan fingerprint density at radius 3 is 2.25 bits per heavy atom. The summed E-state index contributed by atoms with van der Waals surface area (Å²) in [6, 6.07) is 3.36. The van der Waals surface area contributed by atoms with Gasteiger partial charge < -0.3 is 9.80 Å². The van der Waals surface area contributed by atoms with Crippen LogP contribution in [0.15, 0.2) is 18.3 Å². The van der Waals surface area contributed by atoms with Crippen molar-refractivity contribution < 1.29 is 18.0 Å². The van der Waals surface area contributed by atoms with E-state index in [9.17, 15) is 18.0 Å². The first-order valence-electron chi connectivity index (χ1n) is 8.17. The summed E-state index contributed by atoms with van der Waals surface area (Å²) in [6.45, 7) is 8.68. The van der Waals surface area contributed by atoms with E-state index < -0.39 is 18.5 Å². The first-order valence-corrected chi connectivity index (χ1v) is 8.17. The van der Waals surface area contributed by atoms with Gasteiger partial charge in [-0.05, 0) is 31.4 Å². The minimum atomic E-state index is -4.47. The molecule has 0 saturated carbocycles. The second-order valence-corrected chi connectivity index (χ2v) is 6.80. The van der Waals surface area contributed by atoms with Gasteiger partial charge in [0.25, 0.3) is 0 Å². The third kappa shape index (κ3) is 4.39. The number of nitrogens with zero attached hydrogens (tertiary/aromatic N) is 3. The van der Waals surface area contributed by atoms with Crippen molar-refractivity contribution in [2.24, 2.45) is 0 Å². The van der Waals surface area contributed by atoms with Crippen molar-refractivity contribution in [1.29, 1.82) is 0 Å². The average Bonchev–Trinajstić information content (AvgIpc) is 2.44. The van der Waals surface area contributed by atoms with Gasteiger partial charge >= 0.3 is 6.18 Å². The smallest absolute Gasteiger partial charge is 0.353 e. The van der Waals surface area contributed by atoms with E-state index in [1.165, 1.54) is 4.90 Å². The van der Waals surface area contributed by atoms with Crippen molar-refractivity contribution in [2.75, 3.05) is 18.0 Å². The van der Waals surface area contributed by atoms with E-state index >= 15 is 0 Å². The topological polar surface area (TPSA) is 36.4 Å². The highest BCUT2D eigenvalue weighted by molar-refractivity contribution is 5.78. The molecule has 1 aromatic heterocycles. The van der Waals surface area contributed by atoms with E-state index in [4.69, 9.17) is 0 Å². The van der Waals surface area contributed by atoms with Crippen LogP contribution in [0.5, 0.6) is 0 Å². The predicted octanol–water partition coefficient (Wildman–Crippen LogP) is 3.58. The van der Waals surface area contributed by atoms with Crippen LogP contribution in [-0.2, 0) is 4.79 Å². The maximum atomic E-state index is 12.5. The molecule has 134 valence electrons. The number of anilines is 1. The van der Waals surface area contributed by atoms with Gasteiger partial charge in [0, 0.05) is 31.4 Å². The zero-order chi connectivity index (χ0) is 18.1. The van der Waals surface area contributed by atoms with Gasteiger partial charge in [0.15, 0.2) is 0 Å². The van der Waals surface area contributed by atoms with E-state index in [0.29, 0.717) is 19.0 Å². The Hall–Kier alpha value is -1.79. The molecule has 0 radical (unpaired) electrons. The first-order chi connectivity index (χ1) is 11.1. The maximum absolute atomic E-state index is 12.5. The molecule has 0 aliphatic carbocycles. The molecular weight excluding hydrogens is 319 g/mol. The second-order valence-electron chi connectivity index (χ2n) is 6.80. The van der Waals surface area contributed by atoms with Crippen LogP contribution in [0.2, 0.25) is 0 Å². The van der Waals surface area contributed by atoms with Crippen molar-refractivity contribution >= 4 is 11.7 Å². The van der Waals surface area contributed by atoms with Gasteiger partial charge in [-0.2, -0.15) is 13.2 Å². The first kappa shape index (κ1) is 18.5. The highest BCUT2D eigenvalue weighted by atomic mass is 19.4. The Labute approximate surface area is 140 Å². The third-order valence-electron chi connectivity index (χ3n) is 4.32. The van der Waals surface area contributed by atoms with Crippen LogP contribution in [-0.4, -0.2) is 47.1 Å². The molecule has 1 amide bonds. The number of aromatic nitrogens is 1. The molecule has 4 nitrogen and oxygen atoms in total. The standard InChI is InChI=1S/C17H24F3N3O/c1-11(2)14-5-6-15(21-8-14)22-9-12(3)23(13(4)10-22)16(24)7-17(18,19)20/h5-6,8,11-13H,7,9-10H2,1-4H3/t12-,13+. The summed E-state index contributed by atoms with van der Waals surface area (Å²) in [4.78, 5) is 19.8. The lowest BCUT2D eigenvalue weighted by Gasteiger charge is -2.45. The number of piperazine rings is 1. The number of halogens is 3. The van der Waals surface area contributed by atoms with Gasteiger partial charge in [-0.15, -0.1) is 0 Å². The van der Waals surface area contributed by atoms with E-state index in [0.717, 1.165) is 11.4 Å². The zero-order valence-corrected chi connectivity index (χ0v) is 14.5. The quantitative estimate of drug-likeness (QED) is 0.842. The Morgan fingerprint density at radius 1 is 1.25 bits per heavy atom. The molecule has 0 bridgehead atoms. The van der Waals surface area contributed by atoms with Gasteiger partial charge in [-0.25, -0.2) is 4.98 Å². The number of hydrogen-bond acceptors (Lipinski definition) is 3.